The third-order valence-corrected chi connectivity index (χ3v) is 3.32. The molecule has 22 heavy (non-hydrogen) atoms. The van der Waals surface area contributed by atoms with Crippen molar-refractivity contribution in [1.29, 1.82) is 0 Å². The Kier molecular flexibility index (Phi) is 5.14. The Hall–Kier alpha value is -2.37. The highest BCUT2D eigenvalue weighted by atomic mass is 16.5. The van der Waals surface area contributed by atoms with Crippen LogP contribution in [0.4, 0.5) is 0 Å². The fourth-order valence-corrected chi connectivity index (χ4v) is 2.19. The van der Waals surface area contributed by atoms with E-state index in [1.807, 2.05) is 30.3 Å². The van der Waals surface area contributed by atoms with Gasteiger partial charge in [-0.15, -0.1) is 0 Å². The van der Waals surface area contributed by atoms with Crippen molar-refractivity contribution in [2.75, 3.05) is 0 Å². The molecule has 0 aliphatic carbocycles. The van der Waals surface area contributed by atoms with Crippen LogP contribution in [0.3, 0.4) is 0 Å². The molecule has 4 N–H and O–H groups in total. The summed E-state index contributed by atoms with van der Waals surface area (Å²) in [6, 6.07) is 13.4. The van der Waals surface area contributed by atoms with Gasteiger partial charge in [-0.05, 0) is 23.3 Å². The highest BCUT2D eigenvalue weighted by molar-refractivity contribution is 5.70. The number of phenols is 1. The third kappa shape index (κ3) is 4.07. The standard InChI is InChI=1S/C17H19NO4/c1-11(19)22-16-8-7-13(10-14(16)20)17(18)15(21)9-12-5-3-2-4-6-12/h2-8,10,15,17,20-21H,9,18H2,1H3/t15-,17+/m1/s1. The Bertz CT molecular complexity index is 642. The van der Waals surface area contributed by atoms with E-state index in [1.54, 1.807) is 6.07 Å². The summed E-state index contributed by atoms with van der Waals surface area (Å²) in [5.74, 6) is -0.632. The minimum Gasteiger partial charge on any atom is -0.504 e. The van der Waals surface area contributed by atoms with Crippen molar-refractivity contribution in [2.45, 2.75) is 25.5 Å². The molecule has 2 aromatic rings. The maximum atomic E-state index is 10.9. The maximum absolute atomic E-state index is 10.9. The normalized spacial score (nSPS) is 13.4. The number of rotatable bonds is 5. The first kappa shape index (κ1) is 16.0. The van der Waals surface area contributed by atoms with Crippen molar-refractivity contribution in [1.82, 2.24) is 0 Å². The van der Waals surface area contributed by atoms with E-state index in [0.29, 0.717) is 12.0 Å². The number of benzene rings is 2. The first-order chi connectivity index (χ1) is 10.5. The van der Waals surface area contributed by atoms with Gasteiger partial charge in [-0.1, -0.05) is 36.4 Å². The number of aliphatic hydroxyl groups is 1. The molecule has 0 spiro atoms. The van der Waals surface area contributed by atoms with E-state index in [0.717, 1.165) is 5.56 Å². The maximum Gasteiger partial charge on any atom is 0.308 e. The molecule has 0 unspecified atom stereocenters. The third-order valence-electron chi connectivity index (χ3n) is 3.32. The highest BCUT2D eigenvalue weighted by Crippen LogP contribution is 2.30. The van der Waals surface area contributed by atoms with Crippen molar-refractivity contribution in [2.24, 2.45) is 5.73 Å². The predicted molar refractivity (Wildman–Crippen MR) is 82.5 cm³/mol. The van der Waals surface area contributed by atoms with Crippen LogP contribution in [-0.4, -0.2) is 22.3 Å². The number of carbonyl (C=O) groups excluding carboxylic acids is 1. The van der Waals surface area contributed by atoms with Crippen LogP contribution >= 0.6 is 0 Å². The van der Waals surface area contributed by atoms with Gasteiger partial charge in [0.2, 0.25) is 0 Å². The second-order valence-corrected chi connectivity index (χ2v) is 5.10. The van der Waals surface area contributed by atoms with E-state index in [9.17, 15) is 15.0 Å². The molecule has 0 radical (unpaired) electrons. The summed E-state index contributed by atoms with van der Waals surface area (Å²) in [5.41, 5.74) is 7.58. The van der Waals surface area contributed by atoms with E-state index in [-0.39, 0.29) is 11.5 Å². The molecule has 2 rings (SSSR count). The molecule has 2 aromatic carbocycles. The number of esters is 1. The summed E-state index contributed by atoms with van der Waals surface area (Å²) in [6.45, 7) is 1.25. The van der Waals surface area contributed by atoms with Crippen molar-refractivity contribution in [3.8, 4) is 11.5 Å². The highest BCUT2D eigenvalue weighted by Gasteiger charge is 2.19. The van der Waals surface area contributed by atoms with Crippen LogP contribution in [0.1, 0.15) is 24.1 Å². The molecule has 0 aliphatic rings. The zero-order chi connectivity index (χ0) is 16.1. The summed E-state index contributed by atoms with van der Waals surface area (Å²) >= 11 is 0. The Morgan fingerprint density at radius 1 is 1.23 bits per heavy atom. The number of aliphatic hydroxyl groups excluding tert-OH is 1. The fraction of sp³-hybridized carbons (Fsp3) is 0.235. The summed E-state index contributed by atoms with van der Waals surface area (Å²) in [6.07, 6.45) is -0.379. The largest absolute Gasteiger partial charge is 0.504 e. The number of carbonyl (C=O) groups is 1. The summed E-state index contributed by atoms with van der Waals surface area (Å²) in [4.78, 5) is 10.9. The van der Waals surface area contributed by atoms with Gasteiger partial charge in [0.05, 0.1) is 12.1 Å². The van der Waals surface area contributed by atoms with Gasteiger partial charge >= 0.3 is 5.97 Å². The van der Waals surface area contributed by atoms with Crippen molar-refractivity contribution >= 4 is 5.97 Å². The zero-order valence-electron chi connectivity index (χ0n) is 12.3. The van der Waals surface area contributed by atoms with E-state index < -0.39 is 18.1 Å². The molecule has 0 aliphatic heterocycles. The van der Waals surface area contributed by atoms with Crippen LogP contribution in [0.5, 0.6) is 11.5 Å². The van der Waals surface area contributed by atoms with Gasteiger partial charge in [0.1, 0.15) is 0 Å². The summed E-state index contributed by atoms with van der Waals surface area (Å²) in [7, 11) is 0. The number of phenolic OH excluding ortho intramolecular Hbond substituents is 1. The van der Waals surface area contributed by atoms with E-state index in [2.05, 4.69) is 0 Å². The molecular formula is C17H19NO4. The van der Waals surface area contributed by atoms with Crippen molar-refractivity contribution < 1.29 is 19.7 Å². The topological polar surface area (TPSA) is 92.8 Å². The molecule has 0 bridgehead atoms. The minimum atomic E-state index is -0.790. The molecular weight excluding hydrogens is 282 g/mol. The van der Waals surface area contributed by atoms with Crippen LogP contribution in [0.15, 0.2) is 48.5 Å². The Balaban J connectivity index is 2.10. The van der Waals surface area contributed by atoms with Gasteiger partial charge in [0.25, 0.3) is 0 Å². The van der Waals surface area contributed by atoms with Gasteiger partial charge < -0.3 is 20.7 Å². The van der Waals surface area contributed by atoms with E-state index >= 15 is 0 Å². The molecule has 5 heteroatoms. The van der Waals surface area contributed by atoms with Gasteiger partial charge in [0, 0.05) is 13.3 Å². The second-order valence-electron chi connectivity index (χ2n) is 5.10. The lowest BCUT2D eigenvalue weighted by Crippen LogP contribution is -2.28. The van der Waals surface area contributed by atoms with Gasteiger partial charge in [-0.2, -0.15) is 0 Å². The van der Waals surface area contributed by atoms with Crippen LogP contribution in [-0.2, 0) is 11.2 Å². The van der Waals surface area contributed by atoms with E-state index in [4.69, 9.17) is 10.5 Å². The van der Waals surface area contributed by atoms with Gasteiger partial charge in [-0.25, -0.2) is 0 Å². The number of nitrogens with two attached hydrogens (primary N) is 1. The molecule has 0 amide bonds. The summed E-state index contributed by atoms with van der Waals surface area (Å²) < 4.78 is 4.84. The Morgan fingerprint density at radius 3 is 2.50 bits per heavy atom. The number of hydrogen-bond acceptors (Lipinski definition) is 5. The Morgan fingerprint density at radius 2 is 1.91 bits per heavy atom. The number of aromatic hydroxyl groups is 1. The van der Waals surface area contributed by atoms with Crippen LogP contribution in [0.2, 0.25) is 0 Å². The molecule has 0 aromatic heterocycles. The first-order valence-corrected chi connectivity index (χ1v) is 6.96. The quantitative estimate of drug-likeness (QED) is 0.579. The van der Waals surface area contributed by atoms with Crippen molar-refractivity contribution in [3.63, 3.8) is 0 Å². The number of ether oxygens (including phenoxy) is 1. The lowest BCUT2D eigenvalue weighted by atomic mass is 9.96. The second kappa shape index (κ2) is 7.06. The average Bonchev–Trinajstić information content (AvgIpc) is 2.49. The van der Waals surface area contributed by atoms with Gasteiger partial charge in [-0.3, -0.25) is 4.79 Å². The lowest BCUT2D eigenvalue weighted by molar-refractivity contribution is -0.132. The predicted octanol–water partition coefficient (Wildman–Crippen LogP) is 1.92. The number of hydrogen-bond donors (Lipinski definition) is 3. The van der Waals surface area contributed by atoms with Crippen LogP contribution in [0, 0.1) is 0 Å². The Labute approximate surface area is 129 Å². The molecule has 116 valence electrons. The lowest BCUT2D eigenvalue weighted by Gasteiger charge is -2.20. The molecule has 0 heterocycles. The minimum absolute atomic E-state index is 0.0704. The SMILES string of the molecule is CC(=O)Oc1ccc([C@H](N)[C@H](O)Cc2ccccc2)cc1O. The molecule has 0 fully saturated rings. The monoisotopic (exact) mass is 301 g/mol. The van der Waals surface area contributed by atoms with Crippen LogP contribution in [0.25, 0.3) is 0 Å². The summed E-state index contributed by atoms with van der Waals surface area (Å²) in [5, 5.41) is 20.1. The molecule has 0 saturated heterocycles. The average molecular weight is 301 g/mol. The fourth-order valence-electron chi connectivity index (χ4n) is 2.19. The van der Waals surface area contributed by atoms with Crippen molar-refractivity contribution in [3.05, 3.63) is 59.7 Å². The smallest absolute Gasteiger partial charge is 0.308 e. The molecule has 5 nitrogen and oxygen atoms in total. The zero-order valence-corrected chi connectivity index (χ0v) is 12.3. The van der Waals surface area contributed by atoms with E-state index in [1.165, 1.54) is 19.1 Å². The van der Waals surface area contributed by atoms with Gasteiger partial charge in [0.15, 0.2) is 11.5 Å². The molecule has 2 atom stereocenters. The molecule has 0 saturated carbocycles. The van der Waals surface area contributed by atoms with Crippen LogP contribution < -0.4 is 10.5 Å². The first-order valence-electron chi connectivity index (χ1n) is 6.96.